The van der Waals surface area contributed by atoms with Crippen molar-refractivity contribution >= 4 is 0 Å². The first-order chi connectivity index (χ1) is 9.09. The Kier molecular flexibility index (Phi) is 4.93. The van der Waals surface area contributed by atoms with Crippen molar-refractivity contribution in [3.05, 3.63) is 11.9 Å². The summed E-state index contributed by atoms with van der Waals surface area (Å²) in [5.74, 6) is 0. The number of aryl methyl sites for hydroxylation is 1. The topological polar surface area (TPSA) is 63.0 Å². The van der Waals surface area contributed by atoms with E-state index in [1.54, 1.807) is 4.68 Å². The summed E-state index contributed by atoms with van der Waals surface area (Å²) in [5, 5.41) is 20.6. The van der Waals surface area contributed by atoms with E-state index in [-0.39, 0.29) is 6.61 Å². The Morgan fingerprint density at radius 3 is 3.11 bits per heavy atom. The van der Waals surface area contributed by atoms with Crippen LogP contribution in [0.25, 0.3) is 0 Å². The zero-order valence-electron chi connectivity index (χ0n) is 12.1. The normalized spacial score (nSPS) is 22.6. The average molecular weight is 266 g/mol. The highest BCUT2D eigenvalue weighted by Gasteiger charge is 2.27. The largest absolute Gasteiger partial charge is 0.396 e. The molecule has 0 aromatic carbocycles. The van der Waals surface area contributed by atoms with Crippen molar-refractivity contribution in [1.29, 1.82) is 0 Å². The molecule has 2 N–H and O–H groups in total. The van der Waals surface area contributed by atoms with Crippen LogP contribution in [0.1, 0.15) is 51.6 Å². The Balaban J connectivity index is 1.77. The Hall–Kier alpha value is -0.940. The molecule has 1 aromatic heterocycles. The second-order valence-electron chi connectivity index (χ2n) is 6.39. The maximum Gasteiger partial charge on any atom is 0.0964 e. The highest BCUT2D eigenvalue weighted by atomic mass is 16.3. The van der Waals surface area contributed by atoms with Gasteiger partial charge in [-0.2, -0.15) is 0 Å². The fourth-order valence-electron chi connectivity index (χ4n) is 2.88. The fourth-order valence-corrected chi connectivity index (χ4v) is 2.88. The smallest absolute Gasteiger partial charge is 0.0964 e. The molecule has 0 saturated heterocycles. The average Bonchev–Trinajstić information content (AvgIpc) is 2.81. The number of nitrogens with zero attached hydrogens (tertiary/aromatic N) is 3. The maximum absolute atomic E-state index is 8.78. The van der Waals surface area contributed by atoms with Gasteiger partial charge in [-0.3, -0.25) is 4.68 Å². The van der Waals surface area contributed by atoms with Crippen LogP contribution in [0.3, 0.4) is 0 Å². The van der Waals surface area contributed by atoms with Crippen molar-refractivity contribution in [3.8, 4) is 0 Å². The van der Waals surface area contributed by atoms with Crippen LogP contribution in [0.5, 0.6) is 0 Å². The third kappa shape index (κ3) is 4.58. The lowest BCUT2D eigenvalue weighted by Crippen LogP contribution is -2.36. The second-order valence-corrected chi connectivity index (χ2v) is 6.39. The van der Waals surface area contributed by atoms with Gasteiger partial charge in [0.05, 0.1) is 5.69 Å². The lowest BCUT2D eigenvalue weighted by molar-refractivity contribution is 0.197. The molecule has 1 aromatic rings. The maximum atomic E-state index is 8.78. The molecule has 1 aliphatic rings. The van der Waals surface area contributed by atoms with Gasteiger partial charge in [-0.05, 0) is 31.1 Å². The third-order valence-electron chi connectivity index (χ3n) is 3.91. The molecule has 2 rings (SSSR count). The fraction of sp³-hybridized carbons (Fsp3) is 0.857. The molecule has 0 bridgehead atoms. The molecule has 0 spiro atoms. The molecule has 19 heavy (non-hydrogen) atoms. The van der Waals surface area contributed by atoms with E-state index in [4.69, 9.17) is 5.11 Å². The molecule has 108 valence electrons. The van der Waals surface area contributed by atoms with Crippen molar-refractivity contribution in [2.24, 2.45) is 5.41 Å². The van der Waals surface area contributed by atoms with Gasteiger partial charge >= 0.3 is 0 Å². The highest BCUT2D eigenvalue weighted by Crippen LogP contribution is 2.35. The molecule has 0 aliphatic heterocycles. The second kappa shape index (κ2) is 6.48. The molecule has 0 amide bonds. The summed E-state index contributed by atoms with van der Waals surface area (Å²) in [5.41, 5.74) is 1.45. The molecule has 5 heteroatoms. The molecule has 1 fully saturated rings. The first-order valence-corrected chi connectivity index (χ1v) is 7.32. The van der Waals surface area contributed by atoms with Crippen molar-refractivity contribution in [1.82, 2.24) is 20.3 Å². The van der Waals surface area contributed by atoms with Crippen molar-refractivity contribution in [3.63, 3.8) is 0 Å². The Labute approximate surface area is 115 Å². The summed E-state index contributed by atoms with van der Waals surface area (Å²) in [6.07, 6.45) is 7.85. The molecule has 1 atom stereocenters. The Morgan fingerprint density at radius 1 is 1.53 bits per heavy atom. The van der Waals surface area contributed by atoms with Gasteiger partial charge in [0, 0.05) is 31.9 Å². The first kappa shape index (κ1) is 14.5. The molecule has 1 heterocycles. The molecule has 1 aliphatic carbocycles. The van der Waals surface area contributed by atoms with Crippen molar-refractivity contribution in [2.45, 2.75) is 65.1 Å². The van der Waals surface area contributed by atoms with E-state index in [9.17, 15) is 0 Å². The van der Waals surface area contributed by atoms with Crippen LogP contribution >= 0.6 is 0 Å². The van der Waals surface area contributed by atoms with Gasteiger partial charge in [-0.25, -0.2) is 0 Å². The van der Waals surface area contributed by atoms with Gasteiger partial charge in [0.25, 0.3) is 0 Å². The van der Waals surface area contributed by atoms with E-state index in [1.165, 1.54) is 25.7 Å². The van der Waals surface area contributed by atoms with Gasteiger partial charge in [-0.15, -0.1) is 5.10 Å². The molecular formula is C14H26N4O. The van der Waals surface area contributed by atoms with E-state index in [1.807, 2.05) is 6.20 Å². The molecule has 5 nitrogen and oxygen atoms in total. The van der Waals surface area contributed by atoms with E-state index in [0.717, 1.165) is 25.2 Å². The van der Waals surface area contributed by atoms with Gasteiger partial charge in [0.1, 0.15) is 0 Å². The minimum Gasteiger partial charge on any atom is -0.396 e. The van der Waals surface area contributed by atoms with Crippen LogP contribution < -0.4 is 5.32 Å². The molecular weight excluding hydrogens is 240 g/mol. The summed E-state index contributed by atoms with van der Waals surface area (Å²) >= 11 is 0. The summed E-state index contributed by atoms with van der Waals surface area (Å²) in [7, 11) is 0. The highest BCUT2D eigenvalue weighted by molar-refractivity contribution is 4.93. The SMILES string of the molecule is CC1(C)CCCC(NCc2cn(CCCO)nn2)C1. The Bertz CT molecular complexity index is 389. The molecule has 1 saturated carbocycles. The number of aromatic nitrogens is 3. The van der Waals surface area contributed by atoms with Crippen LogP contribution in [0.2, 0.25) is 0 Å². The predicted octanol–water partition coefficient (Wildman–Crippen LogP) is 1.72. The number of hydrogen-bond acceptors (Lipinski definition) is 4. The number of nitrogens with one attached hydrogen (secondary N) is 1. The van der Waals surface area contributed by atoms with Gasteiger partial charge in [0.15, 0.2) is 0 Å². The lowest BCUT2D eigenvalue weighted by atomic mass is 9.75. The molecule has 1 unspecified atom stereocenters. The standard InChI is InChI=1S/C14H26N4O/c1-14(2)6-3-5-12(9-14)15-10-13-11-18(17-16-13)7-4-8-19/h11-12,15,19H,3-10H2,1-2H3. The van der Waals surface area contributed by atoms with Crippen molar-refractivity contribution in [2.75, 3.05) is 6.61 Å². The minimum atomic E-state index is 0.199. The lowest BCUT2D eigenvalue weighted by Gasteiger charge is -2.35. The third-order valence-corrected chi connectivity index (χ3v) is 3.91. The quantitative estimate of drug-likeness (QED) is 0.823. The number of rotatable bonds is 6. The number of aliphatic hydroxyl groups excluding tert-OH is 1. The van der Waals surface area contributed by atoms with Gasteiger partial charge in [0.2, 0.25) is 0 Å². The van der Waals surface area contributed by atoms with Crippen LogP contribution in [-0.2, 0) is 13.1 Å². The van der Waals surface area contributed by atoms with E-state index in [0.29, 0.717) is 11.5 Å². The number of hydrogen-bond donors (Lipinski definition) is 2. The zero-order valence-corrected chi connectivity index (χ0v) is 12.1. The van der Waals surface area contributed by atoms with Crippen LogP contribution in [0.15, 0.2) is 6.20 Å². The van der Waals surface area contributed by atoms with E-state index in [2.05, 4.69) is 29.5 Å². The monoisotopic (exact) mass is 266 g/mol. The Morgan fingerprint density at radius 2 is 2.37 bits per heavy atom. The van der Waals surface area contributed by atoms with Gasteiger partial charge < -0.3 is 10.4 Å². The van der Waals surface area contributed by atoms with Crippen LogP contribution in [0.4, 0.5) is 0 Å². The number of aliphatic hydroxyl groups is 1. The first-order valence-electron chi connectivity index (χ1n) is 7.32. The summed E-state index contributed by atoms with van der Waals surface area (Å²) in [6.45, 7) is 6.43. The van der Waals surface area contributed by atoms with E-state index >= 15 is 0 Å². The minimum absolute atomic E-state index is 0.199. The summed E-state index contributed by atoms with van der Waals surface area (Å²) < 4.78 is 1.80. The van der Waals surface area contributed by atoms with E-state index < -0.39 is 0 Å². The molecule has 0 radical (unpaired) electrons. The van der Waals surface area contributed by atoms with Crippen molar-refractivity contribution < 1.29 is 5.11 Å². The van der Waals surface area contributed by atoms with Crippen LogP contribution in [-0.4, -0.2) is 32.7 Å². The summed E-state index contributed by atoms with van der Waals surface area (Å²) in [4.78, 5) is 0. The summed E-state index contributed by atoms with van der Waals surface area (Å²) in [6, 6.07) is 0.603. The van der Waals surface area contributed by atoms with Crippen LogP contribution in [0, 0.1) is 5.41 Å². The zero-order chi connectivity index (χ0) is 13.7. The predicted molar refractivity (Wildman–Crippen MR) is 74.6 cm³/mol. The van der Waals surface area contributed by atoms with Gasteiger partial charge in [-0.1, -0.05) is 25.5 Å².